The third kappa shape index (κ3) is 3.14. The molecule has 0 saturated heterocycles. The quantitative estimate of drug-likeness (QED) is 0.793. The van der Waals surface area contributed by atoms with E-state index >= 15 is 0 Å². The van der Waals surface area contributed by atoms with E-state index in [-0.39, 0.29) is 16.2 Å². The summed E-state index contributed by atoms with van der Waals surface area (Å²) in [5.74, 6) is -0.319. The Morgan fingerprint density at radius 3 is 2.57 bits per heavy atom. The highest BCUT2D eigenvalue weighted by Gasteiger charge is 2.14. The summed E-state index contributed by atoms with van der Waals surface area (Å²) >= 11 is 17.1. The summed E-state index contributed by atoms with van der Waals surface area (Å²) in [4.78, 5) is 18.7. The number of rotatable bonds is 2. The zero-order valence-electron chi connectivity index (χ0n) is 11.5. The van der Waals surface area contributed by atoms with Crippen molar-refractivity contribution >= 4 is 47.7 Å². The first-order valence-electron chi connectivity index (χ1n) is 6.43. The summed E-state index contributed by atoms with van der Waals surface area (Å²) in [6, 6.07) is 4.71. The van der Waals surface area contributed by atoms with E-state index in [1.165, 1.54) is 10.6 Å². The number of hydrogen-bond acceptors (Lipinski definition) is 4. The minimum Gasteiger partial charge on any atom is -0.494 e. The van der Waals surface area contributed by atoms with E-state index in [0.717, 1.165) is 0 Å². The molecule has 0 radical (unpaired) electrons. The Kier molecular flexibility index (Phi) is 4.21. The summed E-state index contributed by atoms with van der Waals surface area (Å²) in [7, 11) is 0. The zero-order valence-corrected chi connectivity index (χ0v) is 13.8. The lowest BCUT2D eigenvalue weighted by molar-refractivity contribution is 0.432. The number of nitrogens with one attached hydrogen (secondary N) is 1. The Hall–Kier alpha value is -2.15. The van der Waals surface area contributed by atoms with Gasteiger partial charge < -0.3 is 5.11 Å². The molecule has 5 nitrogen and oxygen atoms in total. The molecule has 8 heteroatoms. The van der Waals surface area contributed by atoms with Crippen LogP contribution in [0.1, 0.15) is 5.56 Å². The standard InChI is InChI=1S/C15H9Cl2N3O2S/c16-8-4-9(17)6-11(5-8)20-14(22)12(13(21)19-15(20)23)7-10-2-1-3-18-10/h1-7,22H,(H,19,21,23). The van der Waals surface area contributed by atoms with Gasteiger partial charge in [-0.3, -0.25) is 19.3 Å². The van der Waals surface area contributed by atoms with Gasteiger partial charge in [0.15, 0.2) is 4.77 Å². The Balaban J connectivity index is 2.28. The fourth-order valence-electron chi connectivity index (χ4n) is 2.12. The normalized spacial score (nSPS) is 14.8. The van der Waals surface area contributed by atoms with Crippen LogP contribution in [0, 0.1) is 4.77 Å². The van der Waals surface area contributed by atoms with E-state index < -0.39 is 5.56 Å². The lowest BCUT2D eigenvalue weighted by Crippen LogP contribution is -2.16. The molecule has 1 aromatic heterocycles. The van der Waals surface area contributed by atoms with Crippen LogP contribution in [0.25, 0.3) is 11.8 Å². The van der Waals surface area contributed by atoms with Crippen LogP contribution in [-0.2, 0) is 0 Å². The van der Waals surface area contributed by atoms with Crippen molar-refractivity contribution in [2.24, 2.45) is 4.99 Å². The lowest BCUT2D eigenvalue weighted by atomic mass is 10.2. The average molecular weight is 366 g/mol. The summed E-state index contributed by atoms with van der Waals surface area (Å²) in [5.41, 5.74) is 0.498. The molecule has 2 N–H and O–H groups in total. The SMILES string of the molecule is O=c1[nH]c(=S)n(-c2cc(Cl)cc(Cl)c2)c(O)c1C=C1C=CC=N1. The van der Waals surface area contributed by atoms with Gasteiger partial charge in [-0.15, -0.1) is 0 Å². The van der Waals surface area contributed by atoms with E-state index in [9.17, 15) is 9.90 Å². The number of aromatic hydroxyl groups is 1. The van der Waals surface area contributed by atoms with Crippen LogP contribution < -0.4 is 5.56 Å². The molecule has 0 spiro atoms. The second-order valence-electron chi connectivity index (χ2n) is 4.67. The molecule has 0 atom stereocenters. The molecule has 0 saturated carbocycles. The second-order valence-corrected chi connectivity index (χ2v) is 5.93. The van der Waals surface area contributed by atoms with Crippen molar-refractivity contribution in [3.8, 4) is 11.6 Å². The molecule has 0 bridgehead atoms. The number of hydrogen-bond donors (Lipinski definition) is 2. The van der Waals surface area contributed by atoms with E-state index in [4.69, 9.17) is 35.4 Å². The molecule has 23 heavy (non-hydrogen) atoms. The number of aliphatic imine (C=N–C) groups is 1. The van der Waals surface area contributed by atoms with E-state index in [1.54, 1.807) is 36.6 Å². The van der Waals surface area contributed by atoms with Gasteiger partial charge >= 0.3 is 0 Å². The van der Waals surface area contributed by atoms with Crippen molar-refractivity contribution in [2.75, 3.05) is 0 Å². The van der Waals surface area contributed by atoms with Crippen LogP contribution in [0.4, 0.5) is 0 Å². The molecular weight excluding hydrogens is 357 g/mol. The fraction of sp³-hybridized carbons (Fsp3) is 0. The molecule has 0 fully saturated rings. The van der Waals surface area contributed by atoms with Crippen LogP contribution in [0.2, 0.25) is 10.0 Å². The van der Waals surface area contributed by atoms with Crippen molar-refractivity contribution < 1.29 is 5.11 Å². The predicted octanol–water partition coefficient (Wildman–Crippen LogP) is 3.89. The average Bonchev–Trinajstić information content (AvgIpc) is 2.95. The molecule has 0 unspecified atom stereocenters. The number of nitrogens with zero attached hydrogens (tertiary/aromatic N) is 2. The molecule has 0 amide bonds. The van der Waals surface area contributed by atoms with Crippen molar-refractivity contribution in [1.82, 2.24) is 9.55 Å². The number of halogens is 2. The van der Waals surface area contributed by atoms with Gasteiger partial charge in [-0.2, -0.15) is 0 Å². The maximum atomic E-state index is 12.1. The Bertz CT molecular complexity index is 969. The molecule has 2 aromatic rings. The third-order valence-electron chi connectivity index (χ3n) is 3.10. The van der Waals surface area contributed by atoms with Crippen LogP contribution in [0.5, 0.6) is 5.88 Å². The lowest BCUT2D eigenvalue weighted by Gasteiger charge is -2.12. The molecule has 0 aliphatic carbocycles. The van der Waals surface area contributed by atoms with Gasteiger partial charge in [0, 0.05) is 16.3 Å². The van der Waals surface area contributed by atoms with Crippen LogP contribution in [0.3, 0.4) is 0 Å². The Morgan fingerprint density at radius 1 is 1.26 bits per heavy atom. The highest BCUT2D eigenvalue weighted by Crippen LogP contribution is 2.27. The maximum absolute atomic E-state index is 12.1. The van der Waals surface area contributed by atoms with Crippen molar-refractivity contribution in [2.45, 2.75) is 0 Å². The smallest absolute Gasteiger partial charge is 0.262 e. The minimum absolute atomic E-state index is 0.0263. The van der Waals surface area contributed by atoms with Crippen LogP contribution >= 0.6 is 35.4 Å². The monoisotopic (exact) mass is 365 g/mol. The van der Waals surface area contributed by atoms with E-state index in [1.807, 2.05) is 0 Å². The summed E-state index contributed by atoms with van der Waals surface area (Å²) in [6.45, 7) is 0. The Morgan fingerprint density at radius 2 is 1.96 bits per heavy atom. The maximum Gasteiger partial charge on any atom is 0.262 e. The van der Waals surface area contributed by atoms with Crippen LogP contribution in [0.15, 0.2) is 45.8 Å². The fourth-order valence-corrected chi connectivity index (χ4v) is 2.92. The van der Waals surface area contributed by atoms with Gasteiger partial charge in [0.25, 0.3) is 5.56 Å². The zero-order chi connectivity index (χ0) is 16.6. The van der Waals surface area contributed by atoms with Gasteiger partial charge in [-0.05, 0) is 48.6 Å². The molecule has 3 rings (SSSR count). The van der Waals surface area contributed by atoms with E-state index in [2.05, 4.69) is 9.98 Å². The van der Waals surface area contributed by atoms with Gasteiger partial charge in [-0.1, -0.05) is 23.2 Å². The van der Waals surface area contributed by atoms with Gasteiger partial charge in [-0.25, -0.2) is 0 Å². The number of allylic oxidation sites excluding steroid dienone is 2. The van der Waals surface area contributed by atoms with Gasteiger partial charge in [0.05, 0.1) is 11.4 Å². The van der Waals surface area contributed by atoms with E-state index in [0.29, 0.717) is 21.4 Å². The largest absolute Gasteiger partial charge is 0.494 e. The molecule has 2 heterocycles. The first-order valence-corrected chi connectivity index (χ1v) is 7.59. The number of benzene rings is 1. The number of H-pyrrole nitrogens is 1. The van der Waals surface area contributed by atoms with Crippen molar-refractivity contribution in [3.63, 3.8) is 0 Å². The Labute approximate surface area is 145 Å². The van der Waals surface area contributed by atoms with Crippen molar-refractivity contribution in [3.05, 3.63) is 66.8 Å². The number of aromatic nitrogens is 2. The summed E-state index contributed by atoms with van der Waals surface area (Å²) in [6.07, 6.45) is 6.49. The van der Waals surface area contributed by atoms with Gasteiger partial charge in [0.1, 0.15) is 5.56 Å². The second kappa shape index (κ2) is 6.16. The summed E-state index contributed by atoms with van der Waals surface area (Å²) < 4.78 is 1.31. The molecule has 1 aliphatic rings. The first kappa shape index (κ1) is 15.7. The highest BCUT2D eigenvalue weighted by atomic mass is 35.5. The summed E-state index contributed by atoms with van der Waals surface area (Å²) in [5, 5.41) is 11.3. The van der Waals surface area contributed by atoms with Crippen LogP contribution in [-0.4, -0.2) is 20.9 Å². The van der Waals surface area contributed by atoms with Gasteiger partial charge in [0.2, 0.25) is 5.88 Å². The third-order valence-corrected chi connectivity index (χ3v) is 3.82. The number of aromatic amines is 1. The van der Waals surface area contributed by atoms with Crippen molar-refractivity contribution in [1.29, 1.82) is 0 Å². The molecule has 1 aliphatic heterocycles. The predicted molar refractivity (Wildman–Crippen MR) is 94.5 cm³/mol. The molecular formula is C15H9Cl2N3O2S. The highest BCUT2D eigenvalue weighted by molar-refractivity contribution is 7.71. The minimum atomic E-state index is -0.514. The topological polar surface area (TPSA) is 70.4 Å². The molecule has 116 valence electrons. The first-order chi connectivity index (χ1) is 11.0. The molecule has 1 aromatic carbocycles.